The van der Waals surface area contributed by atoms with Crippen LogP contribution in [0.25, 0.3) is 16.6 Å². The van der Waals surface area contributed by atoms with Crippen molar-refractivity contribution in [3.05, 3.63) is 53.2 Å². The number of halogens is 2. The van der Waals surface area contributed by atoms with Crippen LogP contribution < -0.4 is 0 Å². The van der Waals surface area contributed by atoms with Crippen LogP contribution in [0.15, 0.2) is 36.5 Å². The summed E-state index contributed by atoms with van der Waals surface area (Å²) >= 11 is 5.92. The third kappa shape index (κ3) is 2.16. The molecule has 5 heteroatoms. The van der Waals surface area contributed by atoms with Gasteiger partial charge in [-0.15, -0.1) is 0 Å². The molecule has 0 aliphatic heterocycles. The van der Waals surface area contributed by atoms with Gasteiger partial charge in [0, 0.05) is 17.6 Å². The zero-order valence-corrected chi connectivity index (χ0v) is 11.9. The molecule has 0 saturated carbocycles. The molecule has 0 atom stereocenters. The Bertz CT molecular complexity index is 763. The maximum atomic E-state index is 13.1. The molecule has 3 aromatic rings. The highest BCUT2D eigenvalue weighted by molar-refractivity contribution is 6.30. The summed E-state index contributed by atoms with van der Waals surface area (Å²) in [6.45, 7) is 4.18. The van der Waals surface area contributed by atoms with E-state index in [1.165, 1.54) is 12.1 Å². The van der Waals surface area contributed by atoms with Crippen molar-refractivity contribution in [3.63, 3.8) is 0 Å². The van der Waals surface area contributed by atoms with Crippen LogP contribution in [0.4, 0.5) is 4.39 Å². The van der Waals surface area contributed by atoms with Gasteiger partial charge in [-0.25, -0.2) is 14.1 Å². The molecule has 0 aliphatic carbocycles. The smallest absolute Gasteiger partial charge is 0.131 e. The summed E-state index contributed by atoms with van der Waals surface area (Å²) in [6, 6.07) is 8.01. The van der Waals surface area contributed by atoms with Gasteiger partial charge in [-0.05, 0) is 30.2 Å². The molecule has 1 aromatic carbocycles. The Morgan fingerprint density at radius 2 is 1.90 bits per heavy atom. The number of fused-ring (bicyclic) bond motifs is 1. The van der Waals surface area contributed by atoms with Crippen LogP contribution in [0.2, 0.25) is 5.15 Å². The molecule has 3 rings (SSSR count). The predicted octanol–water partition coefficient (Wildman–Crippen LogP) is 4.34. The lowest BCUT2D eigenvalue weighted by Gasteiger charge is -2.10. The van der Waals surface area contributed by atoms with Gasteiger partial charge in [-0.1, -0.05) is 25.4 Å². The summed E-state index contributed by atoms with van der Waals surface area (Å²) in [5.74, 6) is -0.00528. The van der Waals surface area contributed by atoms with Crippen molar-refractivity contribution < 1.29 is 4.39 Å². The minimum absolute atomic E-state index is 0.257. The Hall–Kier alpha value is -1.94. The van der Waals surface area contributed by atoms with Crippen LogP contribution in [0.1, 0.15) is 25.5 Å². The SMILES string of the molecule is CC(C)c1c2cnc(Cl)cc2nn1-c1ccc(F)cc1. The third-order valence-electron chi connectivity index (χ3n) is 3.18. The maximum absolute atomic E-state index is 13.1. The van der Waals surface area contributed by atoms with Gasteiger partial charge in [0.25, 0.3) is 0 Å². The quantitative estimate of drug-likeness (QED) is 0.657. The molecule has 0 unspecified atom stereocenters. The largest absolute Gasteiger partial charge is 0.244 e. The normalized spacial score (nSPS) is 11.4. The van der Waals surface area contributed by atoms with E-state index in [1.807, 2.05) is 4.68 Å². The molecule has 20 heavy (non-hydrogen) atoms. The van der Waals surface area contributed by atoms with Crippen LogP contribution in [0, 0.1) is 5.82 Å². The summed E-state index contributed by atoms with van der Waals surface area (Å²) in [4.78, 5) is 4.12. The Morgan fingerprint density at radius 1 is 1.20 bits per heavy atom. The van der Waals surface area contributed by atoms with E-state index in [0.717, 1.165) is 22.3 Å². The Balaban J connectivity index is 2.28. The molecule has 0 saturated heterocycles. The average molecular weight is 290 g/mol. The van der Waals surface area contributed by atoms with Gasteiger partial charge >= 0.3 is 0 Å². The Labute approximate surface area is 121 Å². The first-order chi connectivity index (χ1) is 9.56. The molecular weight excluding hydrogens is 277 g/mol. The maximum Gasteiger partial charge on any atom is 0.131 e. The molecule has 2 heterocycles. The first-order valence-electron chi connectivity index (χ1n) is 6.36. The van der Waals surface area contributed by atoms with Crippen LogP contribution in [-0.4, -0.2) is 14.8 Å². The number of hydrogen-bond donors (Lipinski definition) is 0. The number of hydrogen-bond acceptors (Lipinski definition) is 2. The van der Waals surface area contributed by atoms with Gasteiger partial charge in [-0.2, -0.15) is 5.10 Å². The summed E-state index contributed by atoms with van der Waals surface area (Å²) in [5, 5.41) is 5.94. The number of pyridine rings is 1. The lowest BCUT2D eigenvalue weighted by atomic mass is 10.1. The number of rotatable bonds is 2. The molecule has 0 radical (unpaired) electrons. The minimum atomic E-state index is -0.263. The fourth-order valence-electron chi connectivity index (χ4n) is 2.31. The lowest BCUT2D eigenvalue weighted by Crippen LogP contribution is -2.03. The Kier molecular flexibility index (Phi) is 3.18. The van der Waals surface area contributed by atoms with E-state index < -0.39 is 0 Å². The van der Waals surface area contributed by atoms with Crippen LogP contribution in [0.3, 0.4) is 0 Å². The second-order valence-electron chi connectivity index (χ2n) is 4.95. The van der Waals surface area contributed by atoms with Gasteiger partial charge in [0.2, 0.25) is 0 Å². The predicted molar refractivity (Wildman–Crippen MR) is 77.9 cm³/mol. The van der Waals surface area contributed by atoms with E-state index in [2.05, 4.69) is 23.9 Å². The van der Waals surface area contributed by atoms with E-state index >= 15 is 0 Å². The van der Waals surface area contributed by atoms with Gasteiger partial charge in [0.1, 0.15) is 11.0 Å². The lowest BCUT2D eigenvalue weighted by molar-refractivity contribution is 0.626. The van der Waals surface area contributed by atoms with Crippen molar-refractivity contribution in [1.29, 1.82) is 0 Å². The fraction of sp³-hybridized carbons (Fsp3) is 0.200. The molecule has 3 nitrogen and oxygen atoms in total. The van der Waals surface area contributed by atoms with Gasteiger partial charge in [0.15, 0.2) is 0 Å². The summed E-state index contributed by atoms with van der Waals surface area (Å²) in [6.07, 6.45) is 1.74. The van der Waals surface area contributed by atoms with E-state index in [0.29, 0.717) is 5.15 Å². The summed E-state index contributed by atoms with van der Waals surface area (Å²) in [7, 11) is 0. The first-order valence-corrected chi connectivity index (χ1v) is 6.74. The van der Waals surface area contributed by atoms with Gasteiger partial charge < -0.3 is 0 Å². The minimum Gasteiger partial charge on any atom is -0.244 e. The molecule has 0 aliphatic rings. The molecule has 0 amide bonds. The standard InChI is InChI=1S/C15H13ClFN3/c1-9(2)15-12-8-18-14(16)7-13(12)19-20(15)11-5-3-10(17)4-6-11/h3-9H,1-2H3. The van der Waals surface area contributed by atoms with Crippen LogP contribution >= 0.6 is 11.6 Å². The van der Waals surface area contributed by atoms with E-state index in [4.69, 9.17) is 11.6 Å². The fourth-order valence-corrected chi connectivity index (χ4v) is 2.46. The zero-order valence-electron chi connectivity index (χ0n) is 11.1. The number of nitrogens with zero attached hydrogens (tertiary/aromatic N) is 3. The molecule has 0 N–H and O–H groups in total. The molecule has 102 valence electrons. The monoisotopic (exact) mass is 289 g/mol. The molecule has 2 aromatic heterocycles. The van der Waals surface area contributed by atoms with Crippen molar-refractivity contribution in [2.75, 3.05) is 0 Å². The van der Waals surface area contributed by atoms with E-state index in [-0.39, 0.29) is 11.7 Å². The van der Waals surface area contributed by atoms with E-state index in [1.54, 1.807) is 24.4 Å². The summed E-state index contributed by atoms with van der Waals surface area (Å²) in [5.41, 5.74) is 2.65. The first kappa shape index (κ1) is 13.1. The second-order valence-corrected chi connectivity index (χ2v) is 5.34. The van der Waals surface area contributed by atoms with Crippen LogP contribution in [-0.2, 0) is 0 Å². The summed E-state index contributed by atoms with van der Waals surface area (Å²) < 4.78 is 14.9. The second kappa shape index (κ2) is 4.87. The average Bonchev–Trinajstić information content (AvgIpc) is 2.77. The highest BCUT2D eigenvalue weighted by Crippen LogP contribution is 2.28. The third-order valence-corrected chi connectivity index (χ3v) is 3.39. The Morgan fingerprint density at radius 3 is 2.55 bits per heavy atom. The topological polar surface area (TPSA) is 30.7 Å². The van der Waals surface area contributed by atoms with Gasteiger partial charge in [-0.3, -0.25) is 0 Å². The highest BCUT2D eigenvalue weighted by Gasteiger charge is 2.16. The highest BCUT2D eigenvalue weighted by atomic mass is 35.5. The number of benzene rings is 1. The molecule has 0 bridgehead atoms. The van der Waals surface area contributed by atoms with Crippen molar-refractivity contribution in [2.24, 2.45) is 0 Å². The van der Waals surface area contributed by atoms with Gasteiger partial charge in [0.05, 0.1) is 16.9 Å². The van der Waals surface area contributed by atoms with Crippen molar-refractivity contribution in [2.45, 2.75) is 19.8 Å². The van der Waals surface area contributed by atoms with Crippen molar-refractivity contribution in [3.8, 4) is 5.69 Å². The van der Waals surface area contributed by atoms with Crippen molar-refractivity contribution >= 4 is 22.5 Å². The molecule has 0 fully saturated rings. The van der Waals surface area contributed by atoms with Crippen LogP contribution in [0.5, 0.6) is 0 Å². The molecule has 0 spiro atoms. The molecular formula is C15H13ClFN3. The van der Waals surface area contributed by atoms with E-state index in [9.17, 15) is 4.39 Å². The zero-order chi connectivity index (χ0) is 14.3. The van der Waals surface area contributed by atoms with Crippen molar-refractivity contribution in [1.82, 2.24) is 14.8 Å². The number of aromatic nitrogens is 3.